The van der Waals surface area contributed by atoms with Gasteiger partial charge in [0.15, 0.2) is 0 Å². The van der Waals surface area contributed by atoms with Gasteiger partial charge in [-0.05, 0) is 36.8 Å². The molecule has 1 N–H and O–H groups in total. The summed E-state index contributed by atoms with van der Waals surface area (Å²) < 4.78 is 2.54. The lowest BCUT2D eigenvalue weighted by Gasteiger charge is -2.37. The molecule has 3 aromatic rings. The third-order valence-electron chi connectivity index (χ3n) is 10.3. The van der Waals surface area contributed by atoms with Crippen LogP contribution >= 0.6 is 0 Å². The number of H-pyrrole nitrogens is 1. The van der Waals surface area contributed by atoms with Gasteiger partial charge in [0.2, 0.25) is 0 Å². The van der Waals surface area contributed by atoms with Gasteiger partial charge in [-0.25, -0.2) is 9.55 Å². The number of benzene rings is 2. The smallest absolute Gasteiger partial charge is 0.247 e. The summed E-state index contributed by atoms with van der Waals surface area (Å²) in [4.78, 5) is 3.76. The number of aromatic amines is 1. The van der Waals surface area contributed by atoms with E-state index in [1.54, 1.807) is 0 Å². The van der Waals surface area contributed by atoms with Gasteiger partial charge in [-0.3, -0.25) is 0 Å². The van der Waals surface area contributed by atoms with Crippen LogP contribution in [0.3, 0.4) is 0 Å². The highest BCUT2D eigenvalue weighted by Gasteiger charge is 2.41. The molecule has 0 amide bonds. The number of aryl methyl sites for hydroxylation is 1. The van der Waals surface area contributed by atoms with Crippen molar-refractivity contribution < 1.29 is 4.57 Å². The van der Waals surface area contributed by atoms with E-state index in [1.807, 2.05) is 0 Å². The molecule has 0 saturated heterocycles. The van der Waals surface area contributed by atoms with Crippen molar-refractivity contribution in [2.45, 2.75) is 180 Å². The molecular formula is C43H69N2+. The van der Waals surface area contributed by atoms with Crippen molar-refractivity contribution in [2.75, 3.05) is 0 Å². The van der Waals surface area contributed by atoms with Crippen LogP contribution in [0, 0.1) is 0 Å². The Balaban J connectivity index is 1.50. The number of aromatic nitrogens is 2. The zero-order valence-electron chi connectivity index (χ0n) is 29.7. The topological polar surface area (TPSA) is 19.7 Å². The Hall–Kier alpha value is -2.35. The van der Waals surface area contributed by atoms with Gasteiger partial charge in [-0.1, -0.05) is 197 Å². The lowest BCUT2D eigenvalue weighted by molar-refractivity contribution is -0.705. The molecule has 2 heteroatoms. The highest BCUT2D eigenvalue weighted by Crippen LogP contribution is 2.43. The summed E-state index contributed by atoms with van der Waals surface area (Å²) in [7, 11) is 0. The molecule has 0 spiro atoms. The quantitative estimate of drug-likeness (QED) is 0.0652. The first-order valence-electron chi connectivity index (χ1n) is 19.3. The second-order valence-corrected chi connectivity index (χ2v) is 14.2. The highest BCUT2D eigenvalue weighted by molar-refractivity contribution is 5.32. The van der Waals surface area contributed by atoms with Gasteiger partial charge in [0, 0.05) is 5.41 Å². The third-order valence-corrected chi connectivity index (χ3v) is 10.3. The van der Waals surface area contributed by atoms with Crippen molar-refractivity contribution >= 4 is 0 Å². The molecule has 250 valence electrons. The Bertz CT molecular complexity index is 1090. The minimum Gasteiger partial charge on any atom is -0.247 e. The van der Waals surface area contributed by atoms with Gasteiger partial charge in [0.25, 0.3) is 5.82 Å². The first-order chi connectivity index (χ1) is 22.2. The van der Waals surface area contributed by atoms with E-state index in [2.05, 4.69) is 103 Å². The van der Waals surface area contributed by atoms with Crippen molar-refractivity contribution in [1.29, 1.82) is 0 Å². The summed E-state index contributed by atoms with van der Waals surface area (Å²) in [6, 6.07) is 22.5. The summed E-state index contributed by atoms with van der Waals surface area (Å²) in [5.74, 6) is 1.86. The minimum absolute atomic E-state index is 0.00895. The predicted octanol–water partition coefficient (Wildman–Crippen LogP) is 12.8. The number of nitrogens with zero attached hydrogens (tertiary/aromatic N) is 1. The van der Waals surface area contributed by atoms with E-state index < -0.39 is 0 Å². The number of nitrogens with one attached hydrogen (secondary N) is 1. The molecule has 0 fully saturated rings. The molecule has 2 atom stereocenters. The van der Waals surface area contributed by atoms with Crippen LogP contribution in [-0.2, 0) is 18.4 Å². The molecule has 45 heavy (non-hydrogen) atoms. The molecule has 2 aromatic carbocycles. The maximum absolute atomic E-state index is 3.76. The van der Waals surface area contributed by atoms with Gasteiger partial charge in [0.05, 0.1) is 12.5 Å². The van der Waals surface area contributed by atoms with Gasteiger partial charge in [-0.2, -0.15) is 0 Å². The van der Waals surface area contributed by atoms with Crippen molar-refractivity contribution in [3.8, 4) is 0 Å². The van der Waals surface area contributed by atoms with Crippen molar-refractivity contribution in [2.24, 2.45) is 0 Å². The third kappa shape index (κ3) is 13.9. The second kappa shape index (κ2) is 23.0. The standard InChI is InChI=1S/C43H68N2/c1-4-6-8-9-10-11-12-13-14-15-16-17-18-19-20-21-28-34-41(42-44-35-37-45(42)36-29-7-5-2)43(3,40-32-26-23-27-33-40)38-39-30-24-22-25-31-39/h22-27,30-33,35,37,41H,4-21,28-29,34,36,38H2,1-3H3/p+1. The molecule has 0 bridgehead atoms. The Labute approximate surface area is 278 Å². The lowest BCUT2D eigenvalue weighted by Crippen LogP contribution is -2.43. The summed E-state index contributed by atoms with van der Waals surface area (Å²) in [5.41, 5.74) is 2.90. The molecule has 0 radical (unpaired) electrons. The normalized spacial score (nSPS) is 13.6. The first kappa shape index (κ1) is 37.1. The molecule has 2 nitrogen and oxygen atoms in total. The lowest BCUT2D eigenvalue weighted by atomic mass is 9.66. The molecule has 0 saturated carbocycles. The summed E-state index contributed by atoms with van der Waals surface area (Å²) in [6.07, 6.45) is 34.7. The Morgan fingerprint density at radius 3 is 1.58 bits per heavy atom. The fourth-order valence-electron chi connectivity index (χ4n) is 7.50. The first-order valence-corrected chi connectivity index (χ1v) is 19.3. The zero-order valence-corrected chi connectivity index (χ0v) is 29.7. The monoisotopic (exact) mass is 614 g/mol. The van der Waals surface area contributed by atoms with Gasteiger partial charge in [0.1, 0.15) is 12.4 Å². The van der Waals surface area contributed by atoms with E-state index in [1.165, 1.54) is 152 Å². The van der Waals surface area contributed by atoms with Crippen LogP contribution in [0.1, 0.15) is 178 Å². The van der Waals surface area contributed by atoms with Crippen LogP contribution < -0.4 is 4.57 Å². The van der Waals surface area contributed by atoms with Crippen LogP contribution in [0.15, 0.2) is 73.1 Å². The number of hydrogen-bond acceptors (Lipinski definition) is 0. The van der Waals surface area contributed by atoms with Crippen LogP contribution in [-0.4, -0.2) is 4.98 Å². The summed E-state index contributed by atoms with van der Waals surface area (Å²) in [6.45, 7) is 8.25. The van der Waals surface area contributed by atoms with E-state index in [0.29, 0.717) is 5.92 Å². The van der Waals surface area contributed by atoms with Crippen molar-refractivity contribution in [1.82, 2.24) is 4.98 Å². The molecule has 0 aliphatic rings. The molecule has 2 unspecified atom stereocenters. The number of rotatable bonds is 27. The minimum atomic E-state index is 0.00895. The fourth-order valence-corrected chi connectivity index (χ4v) is 7.50. The number of unbranched alkanes of at least 4 members (excludes halogenated alkanes) is 18. The molecule has 3 rings (SSSR count). The molecule has 0 aliphatic heterocycles. The van der Waals surface area contributed by atoms with Gasteiger partial charge >= 0.3 is 0 Å². The fraction of sp³-hybridized carbons (Fsp3) is 0.651. The Morgan fingerprint density at radius 1 is 0.578 bits per heavy atom. The maximum atomic E-state index is 3.76. The van der Waals surface area contributed by atoms with Crippen molar-refractivity contribution in [3.05, 3.63) is 90.0 Å². The predicted molar refractivity (Wildman–Crippen MR) is 196 cm³/mol. The summed E-state index contributed by atoms with van der Waals surface area (Å²) >= 11 is 0. The number of hydrogen-bond donors (Lipinski definition) is 1. The average molecular weight is 614 g/mol. The van der Waals surface area contributed by atoms with Crippen molar-refractivity contribution in [3.63, 3.8) is 0 Å². The molecular weight excluding hydrogens is 544 g/mol. The molecule has 0 aliphatic carbocycles. The summed E-state index contributed by atoms with van der Waals surface area (Å²) in [5, 5.41) is 0. The van der Waals surface area contributed by atoms with E-state index >= 15 is 0 Å². The SMILES string of the molecule is CCCCCCCCCCCCCCCCCCCC(c1[nH]cc[n+]1CCCCC)C(C)(Cc1ccccc1)c1ccccc1. The van der Waals surface area contributed by atoms with E-state index in [4.69, 9.17) is 0 Å². The van der Waals surface area contributed by atoms with E-state index in [0.717, 1.165) is 13.0 Å². The Morgan fingerprint density at radius 2 is 1.04 bits per heavy atom. The largest absolute Gasteiger partial charge is 0.258 e. The van der Waals surface area contributed by atoms with Crippen LogP contribution in [0.4, 0.5) is 0 Å². The second-order valence-electron chi connectivity index (χ2n) is 14.2. The van der Waals surface area contributed by atoms with Crippen LogP contribution in [0.25, 0.3) is 0 Å². The maximum Gasteiger partial charge on any atom is 0.258 e. The van der Waals surface area contributed by atoms with E-state index in [-0.39, 0.29) is 5.41 Å². The van der Waals surface area contributed by atoms with E-state index in [9.17, 15) is 0 Å². The highest BCUT2D eigenvalue weighted by atomic mass is 15.1. The van der Waals surface area contributed by atoms with Crippen LogP contribution in [0.2, 0.25) is 0 Å². The van der Waals surface area contributed by atoms with Gasteiger partial charge < -0.3 is 0 Å². The molecule has 1 heterocycles. The van der Waals surface area contributed by atoms with Gasteiger partial charge in [-0.15, -0.1) is 0 Å². The van der Waals surface area contributed by atoms with Crippen LogP contribution in [0.5, 0.6) is 0 Å². The zero-order chi connectivity index (χ0) is 31.8. The number of imidazole rings is 1. The Kier molecular flexibility index (Phi) is 19.0. The average Bonchev–Trinajstić information content (AvgIpc) is 3.53. The molecule has 1 aromatic heterocycles.